The SMILES string of the molecule is Cc1cc(/C=C2\SC(=O)N(C)C2=O)c(C)n1-c1ccc(Br)cc1. The molecule has 0 radical (unpaired) electrons. The predicted molar refractivity (Wildman–Crippen MR) is 96.7 cm³/mol. The maximum Gasteiger partial charge on any atom is 0.293 e. The molecule has 4 nitrogen and oxygen atoms in total. The van der Waals surface area contributed by atoms with Crippen molar-refractivity contribution in [2.75, 3.05) is 7.05 Å². The molecule has 1 fully saturated rings. The Morgan fingerprint density at radius 1 is 1.13 bits per heavy atom. The number of aromatic nitrogens is 1. The molecule has 0 atom stereocenters. The maximum atomic E-state index is 12.0. The van der Waals surface area contributed by atoms with Gasteiger partial charge in [0.1, 0.15) is 0 Å². The van der Waals surface area contributed by atoms with Gasteiger partial charge in [0.05, 0.1) is 4.91 Å². The van der Waals surface area contributed by atoms with Gasteiger partial charge in [0.15, 0.2) is 0 Å². The maximum absolute atomic E-state index is 12.0. The number of carbonyl (C=O) groups excluding carboxylic acids is 2. The molecule has 2 heterocycles. The summed E-state index contributed by atoms with van der Waals surface area (Å²) in [5, 5.41) is -0.233. The van der Waals surface area contributed by atoms with Crippen molar-refractivity contribution in [3.05, 3.63) is 56.7 Å². The molecule has 1 aromatic heterocycles. The van der Waals surface area contributed by atoms with Crippen molar-refractivity contribution in [2.45, 2.75) is 13.8 Å². The van der Waals surface area contributed by atoms with Crippen LogP contribution < -0.4 is 0 Å². The summed E-state index contributed by atoms with van der Waals surface area (Å²) in [4.78, 5) is 25.3. The molecule has 1 aromatic carbocycles. The van der Waals surface area contributed by atoms with Gasteiger partial charge in [0.2, 0.25) is 0 Å². The van der Waals surface area contributed by atoms with Crippen LogP contribution in [0.3, 0.4) is 0 Å². The Balaban J connectivity index is 2.03. The van der Waals surface area contributed by atoms with E-state index in [1.54, 1.807) is 6.08 Å². The van der Waals surface area contributed by atoms with Crippen LogP contribution in [0, 0.1) is 13.8 Å². The molecule has 23 heavy (non-hydrogen) atoms. The Kier molecular flexibility index (Phi) is 4.21. The van der Waals surface area contributed by atoms with Crippen molar-refractivity contribution in [1.82, 2.24) is 9.47 Å². The predicted octanol–water partition coefficient (Wildman–Crippen LogP) is 4.52. The van der Waals surface area contributed by atoms with Gasteiger partial charge in [-0.3, -0.25) is 14.5 Å². The summed E-state index contributed by atoms with van der Waals surface area (Å²) in [5.74, 6) is -0.242. The first kappa shape index (κ1) is 16.1. The Labute approximate surface area is 147 Å². The van der Waals surface area contributed by atoms with Crippen molar-refractivity contribution in [3.8, 4) is 5.69 Å². The highest BCUT2D eigenvalue weighted by molar-refractivity contribution is 9.10. The number of benzene rings is 1. The molecule has 0 bridgehead atoms. The minimum atomic E-state index is -0.242. The van der Waals surface area contributed by atoms with Crippen molar-refractivity contribution in [1.29, 1.82) is 0 Å². The zero-order chi connectivity index (χ0) is 16.7. The van der Waals surface area contributed by atoms with Crippen LogP contribution in [0.2, 0.25) is 0 Å². The van der Waals surface area contributed by atoms with E-state index in [4.69, 9.17) is 0 Å². The van der Waals surface area contributed by atoms with Gasteiger partial charge in [-0.1, -0.05) is 15.9 Å². The number of likely N-dealkylation sites (N-methyl/N-ethyl adjacent to an activating group) is 1. The number of imide groups is 1. The summed E-state index contributed by atoms with van der Waals surface area (Å²) in [6.45, 7) is 4.04. The second-order valence-corrected chi connectivity index (χ2v) is 7.29. The third-order valence-corrected chi connectivity index (χ3v) is 5.32. The summed E-state index contributed by atoms with van der Waals surface area (Å²) in [5.41, 5.74) is 4.12. The van der Waals surface area contributed by atoms with Crippen molar-refractivity contribution in [3.63, 3.8) is 0 Å². The quantitative estimate of drug-likeness (QED) is 0.707. The van der Waals surface area contributed by atoms with Gasteiger partial charge in [-0.25, -0.2) is 0 Å². The van der Waals surface area contributed by atoms with Crippen molar-refractivity contribution < 1.29 is 9.59 Å². The van der Waals surface area contributed by atoms with Crippen molar-refractivity contribution >= 4 is 44.9 Å². The number of nitrogens with zero attached hydrogens (tertiary/aromatic N) is 2. The van der Waals surface area contributed by atoms with E-state index in [0.29, 0.717) is 4.91 Å². The van der Waals surface area contributed by atoms with E-state index in [1.165, 1.54) is 7.05 Å². The Morgan fingerprint density at radius 3 is 2.35 bits per heavy atom. The molecule has 6 heteroatoms. The average Bonchev–Trinajstić information content (AvgIpc) is 2.92. The van der Waals surface area contributed by atoms with E-state index in [-0.39, 0.29) is 11.1 Å². The first-order valence-electron chi connectivity index (χ1n) is 7.05. The standard InChI is InChI=1S/C17H15BrN2O2S/c1-10-8-12(9-15-16(21)19(3)17(22)23-15)11(2)20(10)14-6-4-13(18)5-7-14/h4-9H,1-3H3/b15-9-. The van der Waals surface area contributed by atoms with Gasteiger partial charge < -0.3 is 4.57 Å². The number of rotatable bonds is 2. The second kappa shape index (κ2) is 6.02. The average molecular weight is 391 g/mol. The molecule has 1 aliphatic rings. The molecular weight excluding hydrogens is 376 g/mol. The highest BCUT2D eigenvalue weighted by Crippen LogP contribution is 2.32. The molecular formula is C17H15BrN2O2S. The Morgan fingerprint density at radius 2 is 1.78 bits per heavy atom. The van der Waals surface area contributed by atoms with Gasteiger partial charge in [0.25, 0.3) is 11.1 Å². The van der Waals surface area contributed by atoms with Gasteiger partial charge in [-0.05, 0) is 67.6 Å². The summed E-state index contributed by atoms with van der Waals surface area (Å²) in [6, 6.07) is 10.1. The lowest BCUT2D eigenvalue weighted by Crippen LogP contribution is -2.22. The Bertz CT molecular complexity index is 837. The van der Waals surface area contributed by atoms with Gasteiger partial charge in [-0.15, -0.1) is 0 Å². The smallest absolute Gasteiger partial charge is 0.293 e. The molecule has 1 aliphatic heterocycles. The number of carbonyl (C=O) groups is 2. The minimum absolute atomic E-state index is 0.233. The normalized spacial score (nSPS) is 16.7. The van der Waals surface area contributed by atoms with Crippen LogP contribution in [-0.4, -0.2) is 27.7 Å². The summed E-state index contributed by atoms with van der Waals surface area (Å²) in [7, 11) is 1.50. The first-order valence-corrected chi connectivity index (χ1v) is 8.66. The van der Waals surface area contributed by atoms with Gasteiger partial charge in [0, 0.05) is 28.6 Å². The topological polar surface area (TPSA) is 42.3 Å². The minimum Gasteiger partial charge on any atom is -0.318 e. The van der Waals surface area contributed by atoms with E-state index >= 15 is 0 Å². The van der Waals surface area contributed by atoms with E-state index in [2.05, 4.69) is 20.5 Å². The molecule has 118 valence electrons. The highest BCUT2D eigenvalue weighted by atomic mass is 79.9. The van der Waals surface area contributed by atoms with Crippen LogP contribution in [0.4, 0.5) is 4.79 Å². The lowest BCUT2D eigenvalue weighted by atomic mass is 10.2. The summed E-state index contributed by atoms with van der Waals surface area (Å²) < 4.78 is 3.16. The zero-order valence-corrected chi connectivity index (χ0v) is 15.4. The monoisotopic (exact) mass is 390 g/mol. The van der Waals surface area contributed by atoms with E-state index < -0.39 is 0 Å². The third-order valence-electron chi connectivity index (χ3n) is 3.83. The number of amides is 2. The molecule has 0 N–H and O–H groups in total. The molecule has 0 unspecified atom stereocenters. The fourth-order valence-electron chi connectivity index (χ4n) is 2.61. The largest absolute Gasteiger partial charge is 0.318 e. The number of thioether (sulfide) groups is 1. The first-order chi connectivity index (χ1) is 10.9. The molecule has 0 aliphatic carbocycles. The van der Waals surface area contributed by atoms with Crippen LogP contribution >= 0.6 is 27.7 Å². The van der Waals surface area contributed by atoms with E-state index in [9.17, 15) is 9.59 Å². The van der Waals surface area contributed by atoms with Crippen LogP contribution in [0.15, 0.2) is 39.7 Å². The van der Waals surface area contributed by atoms with Crippen molar-refractivity contribution in [2.24, 2.45) is 0 Å². The zero-order valence-electron chi connectivity index (χ0n) is 13.0. The van der Waals surface area contributed by atoms with Gasteiger partial charge in [-0.2, -0.15) is 0 Å². The van der Waals surface area contributed by atoms with Crippen LogP contribution in [0.25, 0.3) is 11.8 Å². The van der Waals surface area contributed by atoms with Gasteiger partial charge >= 0.3 is 0 Å². The number of hydrogen-bond donors (Lipinski definition) is 0. The Hall–Kier alpha value is -1.79. The summed E-state index contributed by atoms with van der Waals surface area (Å²) >= 11 is 4.42. The molecule has 3 rings (SSSR count). The fourth-order valence-corrected chi connectivity index (χ4v) is 3.69. The second-order valence-electron chi connectivity index (χ2n) is 5.38. The lowest BCUT2D eigenvalue weighted by Gasteiger charge is -2.09. The molecule has 0 saturated carbocycles. The number of hydrogen-bond acceptors (Lipinski definition) is 3. The third kappa shape index (κ3) is 2.88. The lowest BCUT2D eigenvalue weighted by molar-refractivity contribution is -0.121. The molecule has 2 amide bonds. The summed E-state index contributed by atoms with van der Waals surface area (Å²) in [6.07, 6.45) is 1.80. The van der Waals surface area contributed by atoms with Crippen LogP contribution in [0.1, 0.15) is 17.0 Å². The van der Waals surface area contributed by atoms with Crippen LogP contribution in [0.5, 0.6) is 0 Å². The van der Waals surface area contributed by atoms with E-state index in [1.807, 2.05) is 44.2 Å². The molecule has 0 spiro atoms. The fraction of sp³-hybridized carbons (Fsp3) is 0.176. The molecule has 2 aromatic rings. The number of aryl methyl sites for hydroxylation is 1. The van der Waals surface area contributed by atoms with Crippen LogP contribution in [-0.2, 0) is 4.79 Å². The van der Waals surface area contributed by atoms with E-state index in [0.717, 1.165) is 43.8 Å². The number of halogens is 1. The molecule has 1 saturated heterocycles. The highest BCUT2D eigenvalue weighted by Gasteiger charge is 2.32.